The van der Waals surface area contributed by atoms with Crippen molar-refractivity contribution in [2.75, 3.05) is 38.2 Å². The van der Waals surface area contributed by atoms with Crippen LogP contribution in [0.15, 0.2) is 47.4 Å². The van der Waals surface area contributed by atoms with Crippen LogP contribution in [0.2, 0.25) is 0 Å². The molecule has 1 amide bonds. The standard InChI is InChI=1S/C22H26N2O7S/c1-15(2)30-18-8-7-16(32(26,27)24-9-11-28-12-10-24)13-17(18)23-22(25)21-14-29-19-5-3-4-6-20(19)31-21/h3-8,13,15,21H,9-12,14H2,1-2H3,(H,23,25)/t21-/m1/s1. The first kappa shape index (κ1) is 22.4. The molecule has 0 aromatic heterocycles. The lowest BCUT2D eigenvalue weighted by molar-refractivity contribution is -0.125. The van der Waals surface area contributed by atoms with Crippen LogP contribution in [0.4, 0.5) is 5.69 Å². The number of sulfonamides is 1. The quantitative estimate of drug-likeness (QED) is 0.702. The molecule has 1 atom stereocenters. The van der Waals surface area contributed by atoms with Crippen LogP contribution < -0.4 is 19.5 Å². The van der Waals surface area contributed by atoms with E-state index in [1.165, 1.54) is 16.4 Å². The lowest BCUT2D eigenvalue weighted by atomic mass is 10.2. The van der Waals surface area contributed by atoms with Gasteiger partial charge in [0.1, 0.15) is 12.4 Å². The van der Waals surface area contributed by atoms with E-state index in [4.69, 9.17) is 18.9 Å². The molecular weight excluding hydrogens is 436 g/mol. The molecule has 0 bridgehead atoms. The SMILES string of the molecule is CC(C)Oc1ccc(S(=O)(=O)N2CCOCC2)cc1NC(=O)[C@H]1COc2ccccc2O1. The number of nitrogens with one attached hydrogen (secondary N) is 1. The lowest BCUT2D eigenvalue weighted by Crippen LogP contribution is -2.41. The third-order valence-electron chi connectivity index (χ3n) is 4.98. The van der Waals surface area contributed by atoms with Crippen LogP contribution in [0.3, 0.4) is 0 Å². The van der Waals surface area contributed by atoms with Crippen LogP contribution in [0.1, 0.15) is 13.8 Å². The van der Waals surface area contributed by atoms with Crippen LogP contribution in [0, 0.1) is 0 Å². The van der Waals surface area contributed by atoms with Crippen LogP contribution in [0.25, 0.3) is 0 Å². The molecule has 172 valence electrons. The Hall–Kier alpha value is -2.82. The molecular formula is C22H26N2O7S. The Bertz CT molecular complexity index is 1080. The fourth-order valence-corrected chi connectivity index (χ4v) is 4.86. The molecule has 2 aliphatic heterocycles. The largest absolute Gasteiger partial charge is 0.489 e. The Morgan fingerprint density at radius 1 is 1.12 bits per heavy atom. The smallest absolute Gasteiger partial charge is 0.269 e. The summed E-state index contributed by atoms with van der Waals surface area (Å²) in [7, 11) is -3.74. The molecule has 0 radical (unpaired) electrons. The van der Waals surface area contributed by atoms with Gasteiger partial charge in [-0.05, 0) is 44.2 Å². The first-order chi connectivity index (χ1) is 15.3. The third kappa shape index (κ3) is 4.82. The number of amides is 1. The lowest BCUT2D eigenvalue weighted by Gasteiger charge is -2.27. The molecule has 32 heavy (non-hydrogen) atoms. The number of ether oxygens (including phenoxy) is 4. The van der Waals surface area contributed by atoms with Gasteiger partial charge in [0.15, 0.2) is 11.5 Å². The number of hydrogen-bond acceptors (Lipinski definition) is 7. The highest BCUT2D eigenvalue weighted by atomic mass is 32.2. The van der Waals surface area contributed by atoms with Crippen molar-refractivity contribution in [3.05, 3.63) is 42.5 Å². The summed E-state index contributed by atoms with van der Waals surface area (Å²) in [6.45, 7) is 4.98. The minimum Gasteiger partial charge on any atom is -0.489 e. The summed E-state index contributed by atoms with van der Waals surface area (Å²) in [5.74, 6) is 0.945. The van der Waals surface area contributed by atoms with Gasteiger partial charge in [0.2, 0.25) is 16.1 Å². The molecule has 0 aliphatic carbocycles. The number of carbonyl (C=O) groups is 1. The topological polar surface area (TPSA) is 103 Å². The molecule has 2 heterocycles. The van der Waals surface area contributed by atoms with Crippen molar-refractivity contribution in [2.45, 2.75) is 31.0 Å². The Morgan fingerprint density at radius 2 is 1.84 bits per heavy atom. The van der Waals surface area contributed by atoms with Gasteiger partial charge in [-0.25, -0.2) is 8.42 Å². The highest BCUT2D eigenvalue weighted by Gasteiger charge is 2.30. The van der Waals surface area contributed by atoms with Crippen molar-refractivity contribution in [3.8, 4) is 17.2 Å². The Kier molecular flexibility index (Phi) is 6.54. The fourth-order valence-electron chi connectivity index (χ4n) is 3.42. The van der Waals surface area contributed by atoms with Gasteiger partial charge in [-0.15, -0.1) is 0 Å². The summed E-state index contributed by atoms with van der Waals surface area (Å²) in [6, 6.07) is 11.5. The molecule has 1 saturated heterocycles. The van der Waals surface area contributed by atoms with Crippen LogP contribution in [0.5, 0.6) is 17.2 Å². The summed E-state index contributed by atoms with van der Waals surface area (Å²) in [5.41, 5.74) is 0.250. The second kappa shape index (κ2) is 9.35. The molecule has 0 unspecified atom stereocenters. The number of carbonyl (C=O) groups excluding carboxylic acids is 1. The molecule has 2 aromatic carbocycles. The van der Waals surface area contributed by atoms with E-state index in [0.717, 1.165) is 0 Å². The van der Waals surface area contributed by atoms with Crippen molar-refractivity contribution in [1.29, 1.82) is 0 Å². The third-order valence-corrected chi connectivity index (χ3v) is 6.88. The van der Waals surface area contributed by atoms with Crippen LogP contribution in [-0.4, -0.2) is 63.7 Å². The number of nitrogens with zero attached hydrogens (tertiary/aromatic N) is 1. The van der Waals surface area contributed by atoms with Crippen molar-refractivity contribution in [2.24, 2.45) is 0 Å². The maximum Gasteiger partial charge on any atom is 0.269 e. The van der Waals surface area contributed by atoms with Gasteiger partial charge in [-0.2, -0.15) is 4.31 Å². The molecule has 0 spiro atoms. The number of benzene rings is 2. The van der Waals surface area contributed by atoms with E-state index in [0.29, 0.717) is 30.5 Å². The van der Waals surface area contributed by atoms with E-state index in [-0.39, 0.29) is 36.4 Å². The summed E-state index contributed by atoms with van der Waals surface area (Å²) in [5, 5.41) is 2.76. The number of hydrogen-bond donors (Lipinski definition) is 1. The fraction of sp³-hybridized carbons (Fsp3) is 0.409. The van der Waals surface area contributed by atoms with E-state index >= 15 is 0 Å². The van der Waals surface area contributed by atoms with Crippen LogP contribution in [-0.2, 0) is 19.6 Å². The van der Waals surface area contributed by atoms with E-state index < -0.39 is 22.0 Å². The molecule has 2 aromatic rings. The summed E-state index contributed by atoms with van der Waals surface area (Å²) in [6.07, 6.45) is -1.07. The average molecular weight is 463 g/mol. The van der Waals surface area contributed by atoms with E-state index in [2.05, 4.69) is 5.32 Å². The maximum atomic E-state index is 13.1. The van der Waals surface area contributed by atoms with Crippen LogP contribution >= 0.6 is 0 Å². The van der Waals surface area contributed by atoms with Crippen molar-refractivity contribution in [3.63, 3.8) is 0 Å². The average Bonchev–Trinajstić information content (AvgIpc) is 2.80. The van der Waals surface area contributed by atoms with Gasteiger partial charge in [-0.1, -0.05) is 12.1 Å². The van der Waals surface area contributed by atoms with Gasteiger partial charge >= 0.3 is 0 Å². The number of rotatable bonds is 6. The number of morpholine rings is 1. The zero-order valence-electron chi connectivity index (χ0n) is 17.9. The second-order valence-corrected chi connectivity index (χ2v) is 9.63. The second-order valence-electron chi connectivity index (χ2n) is 7.69. The number of fused-ring (bicyclic) bond motifs is 1. The van der Waals surface area contributed by atoms with Crippen molar-refractivity contribution in [1.82, 2.24) is 4.31 Å². The zero-order chi connectivity index (χ0) is 22.7. The van der Waals surface area contributed by atoms with Gasteiger partial charge in [0.25, 0.3) is 5.91 Å². The minimum atomic E-state index is -3.74. The van der Waals surface area contributed by atoms with E-state index in [1.54, 1.807) is 24.3 Å². The zero-order valence-corrected chi connectivity index (χ0v) is 18.8. The Morgan fingerprint density at radius 3 is 2.56 bits per heavy atom. The first-order valence-electron chi connectivity index (χ1n) is 10.4. The molecule has 10 heteroatoms. The Balaban J connectivity index is 1.58. The highest BCUT2D eigenvalue weighted by molar-refractivity contribution is 7.89. The number of anilines is 1. The molecule has 4 rings (SSSR count). The summed E-state index contributed by atoms with van der Waals surface area (Å²) >= 11 is 0. The van der Waals surface area contributed by atoms with Crippen molar-refractivity contribution >= 4 is 21.6 Å². The monoisotopic (exact) mass is 462 g/mol. The Labute approximate surface area is 187 Å². The summed E-state index contributed by atoms with van der Waals surface area (Å²) in [4.78, 5) is 13.0. The molecule has 0 saturated carbocycles. The van der Waals surface area contributed by atoms with E-state index in [1.807, 2.05) is 19.9 Å². The molecule has 9 nitrogen and oxygen atoms in total. The van der Waals surface area contributed by atoms with Crippen molar-refractivity contribution < 1.29 is 32.2 Å². The van der Waals surface area contributed by atoms with Gasteiger partial charge in [0, 0.05) is 13.1 Å². The molecule has 1 fully saturated rings. The molecule has 2 aliphatic rings. The normalized spacial score (nSPS) is 18.9. The first-order valence-corrected chi connectivity index (χ1v) is 11.9. The molecule has 1 N–H and O–H groups in total. The minimum absolute atomic E-state index is 0.0367. The van der Waals surface area contributed by atoms with Gasteiger partial charge in [-0.3, -0.25) is 4.79 Å². The predicted octanol–water partition coefficient (Wildman–Crippen LogP) is 2.27. The predicted molar refractivity (Wildman–Crippen MR) is 117 cm³/mol. The summed E-state index contributed by atoms with van der Waals surface area (Å²) < 4.78 is 49.9. The van der Waals surface area contributed by atoms with E-state index in [9.17, 15) is 13.2 Å². The number of para-hydroxylation sites is 2. The van der Waals surface area contributed by atoms with Gasteiger partial charge < -0.3 is 24.3 Å². The van der Waals surface area contributed by atoms with Gasteiger partial charge in [0.05, 0.1) is 29.9 Å². The highest BCUT2D eigenvalue weighted by Crippen LogP contribution is 2.33. The maximum absolute atomic E-state index is 13.1.